The van der Waals surface area contributed by atoms with Gasteiger partial charge in [-0.15, -0.1) is 23.1 Å². The van der Waals surface area contributed by atoms with Crippen molar-refractivity contribution in [2.45, 2.75) is 32.1 Å². The molecule has 0 radical (unpaired) electrons. The van der Waals surface area contributed by atoms with Gasteiger partial charge in [0.1, 0.15) is 0 Å². The molecule has 90 valence electrons. The largest absolute Gasteiger partial charge is 0.351 e. The molecule has 16 heavy (non-hydrogen) atoms. The van der Waals surface area contributed by atoms with Gasteiger partial charge < -0.3 is 5.32 Å². The summed E-state index contributed by atoms with van der Waals surface area (Å²) in [4.78, 5) is 12.7. The number of thioether (sulfide) groups is 1. The second kappa shape index (κ2) is 5.94. The highest BCUT2D eigenvalue weighted by molar-refractivity contribution is 7.99. The minimum absolute atomic E-state index is 0.0835. The van der Waals surface area contributed by atoms with E-state index in [1.54, 1.807) is 23.1 Å². The molecule has 2 nitrogen and oxygen atoms in total. The Labute approximate surface area is 110 Å². The molecule has 1 N–H and O–H groups in total. The summed E-state index contributed by atoms with van der Waals surface area (Å²) in [5.74, 6) is 1.42. The maximum absolute atomic E-state index is 11.5. The normalized spacial score (nSPS) is 11.5. The van der Waals surface area contributed by atoms with Crippen molar-refractivity contribution in [3.8, 4) is 0 Å². The maximum atomic E-state index is 11.5. The standard InChI is InChI=1S/C11H16ClNOS2/c1-11(2,3)13-10(14)7-15-6-8-4-5-9(12)16-8/h4-5H,6-7H2,1-3H3,(H,13,14). The monoisotopic (exact) mass is 277 g/mol. The first-order valence-corrected chi connectivity index (χ1v) is 7.35. The summed E-state index contributed by atoms with van der Waals surface area (Å²) in [5, 5.41) is 2.93. The Kier molecular flexibility index (Phi) is 5.15. The van der Waals surface area contributed by atoms with Crippen LogP contribution in [0.1, 0.15) is 25.6 Å². The zero-order valence-corrected chi connectivity index (χ0v) is 12.1. The zero-order valence-electron chi connectivity index (χ0n) is 9.67. The molecule has 0 saturated carbocycles. The molecule has 0 aliphatic rings. The van der Waals surface area contributed by atoms with E-state index < -0.39 is 0 Å². The Hall–Kier alpha value is -0.190. The van der Waals surface area contributed by atoms with Gasteiger partial charge in [-0.1, -0.05) is 11.6 Å². The third-order valence-electron chi connectivity index (χ3n) is 1.62. The first kappa shape index (κ1) is 13.9. The van der Waals surface area contributed by atoms with E-state index in [9.17, 15) is 4.79 Å². The smallest absolute Gasteiger partial charge is 0.230 e. The molecular weight excluding hydrogens is 262 g/mol. The molecule has 0 atom stereocenters. The second-order valence-electron chi connectivity index (χ2n) is 4.50. The van der Waals surface area contributed by atoms with Crippen LogP contribution in [0.15, 0.2) is 12.1 Å². The van der Waals surface area contributed by atoms with Crippen molar-refractivity contribution in [1.82, 2.24) is 5.32 Å². The quantitative estimate of drug-likeness (QED) is 0.912. The predicted octanol–water partition coefficient (Wildman–Crippen LogP) is 3.55. The van der Waals surface area contributed by atoms with Gasteiger partial charge in [-0.3, -0.25) is 4.79 Å². The van der Waals surface area contributed by atoms with Gasteiger partial charge in [-0.2, -0.15) is 0 Å². The molecule has 0 aliphatic carbocycles. The van der Waals surface area contributed by atoms with Gasteiger partial charge in [-0.25, -0.2) is 0 Å². The highest BCUT2D eigenvalue weighted by Crippen LogP contribution is 2.25. The van der Waals surface area contributed by atoms with Gasteiger partial charge in [0, 0.05) is 16.2 Å². The number of nitrogens with one attached hydrogen (secondary N) is 1. The van der Waals surface area contributed by atoms with Crippen molar-refractivity contribution >= 4 is 40.6 Å². The molecule has 5 heteroatoms. The molecule has 0 fully saturated rings. The molecule has 1 amide bonds. The van der Waals surface area contributed by atoms with E-state index in [-0.39, 0.29) is 11.4 Å². The van der Waals surface area contributed by atoms with Gasteiger partial charge in [0.25, 0.3) is 0 Å². The summed E-state index contributed by atoms with van der Waals surface area (Å²) in [6.45, 7) is 5.94. The van der Waals surface area contributed by atoms with Crippen molar-refractivity contribution in [3.05, 3.63) is 21.3 Å². The van der Waals surface area contributed by atoms with E-state index in [0.29, 0.717) is 5.75 Å². The van der Waals surface area contributed by atoms with Crippen LogP contribution in [0.5, 0.6) is 0 Å². The van der Waals surface area contributed by atoms with Crippen LogP contribution in [0.4, 0.5) is 0 Å². The lowest BCUT2D eigenvalue weighted by Gasteiger charge is -2.20. The Morgan fingerprint density at radius 3 is 2.69 bits per heavy atom. The van der Waals surface area contributed by atoms with Crippen LogP contribution in [0.25, 0.3) is 0 Å². The number of carbonyl (C=O) groups excluding carboxylic acids is 1. The number of rotatable bonds is 4. The number of carbonyl (C=O) groups is 1. The Balaban J connectivity index is 2.23. The van der Waals surface area contributed by atoms with Gasteiger partial charge in [0.2, 0.25) is 5.91 Å². The lowest BCUT2D eigenvalue weighted by atomic mass is 10.1. The number of hydrogen-bond donors (Lipinski definition) is 1. The molecule has 0 unspecified atom stereocenters. The van der Waals surface area contributed by atoms with Crippen molar-refractivity contribution in [3.63, 3.8) is 0 Å². The summed E-state index contributed by atoms with van der Waals surface area (Å²) < 4.78 is 0.801. The lowest BCUT2D eigenvalue weighted by Crippen LogP contribution is -2.41. The number of amides is 1. The first-order valence-electron chi connectivity index (χ1n) is 5.00. The fraction of sp³-hybridized carbons (Fsp3) is 0.545. The average molecular weight is 278 g/mol. The minimum atomic E-state index is -0.149. The van der Waals surface area contributed by atoms with Crippen LogP contribution in [0.3, 0.4) is 0 Å². The Morgan fingerprint density at radius 1 is 1.50 bits per heavy atom. The topological polar surface area (TPSA) is 29.1 Å². The average Bonchev–Trinajstić information content (AvgIpc) is 2.48. The molecule has 0 bridgehead atoms. The summed E-state index contributed by atoms with van der Waals surface area (Å²) >= 11 is 8.99. The summed E-state index contributed by atoms with van der Waals surface area (Å²) in [6, 6.07) is 3.89. The molecular formula is C11H16ClNOS2. The molecule has 1 heterocycles. The van der Waals surface area contributed by atoms with Crippen LogP contribution in [0.2, 0.25) is 4.34 Å². The summed E-state index contributed by atoms with van der Waals surface area (Å²) in [6.07, 6.45) is 0. The number of thiophene rings is 1. The second-order valence-corrected chi connectivity index (χ2v) is 7.28. The van der Waals surface area contributed by atoms with E-state index in [2.05, 4.69) is 5.32 Å². The number of hydrogen-bond acceptors (Lipinski definition) is 3. The highest BCUT2D eigenvalue weighted by Gasteiger charge is 2.13. The van der Waals surface area contributed by atoms with Crippen LogP contribution in [-0.4, -0.2) is 17.2 Å². The van der Waals surface area contributed by atoms with Crippen molar-refractivity contribution in [1.29, 1.82) is 0 Å². The van der Waals surface area contributed by atoms with Crippen LogP contribution >= 0.6 is 34.7 Å². The van der Waals surface area contributed by atoms with E-state index >= 15 is 0 Å². The summed E-state index contributed by atoms with van der Waals surface area (Å²) in [5.41, 5.74) is -0.149. The third kappa shape index (κ3) is 5.77. The first-order chi connectivity index (χ1) is 7.37. The van der Waals surface area contributed by atoms with Crippen LogP contribution in [0, 0.1) is 0 Å². The zero-order chi connectivity index (χ0) is 12.2. The van der Waals surface area contributed by atoms with Gasteiger partial charge >= 0.3 is 0 Å². The highest BCUT2D eigenvalue weighted by atomic mass is 35.5. The molecule has 1 aromatic heterocycles. The summed E-state index contributed by atoms with van der Waals surface area (Å²) in [7, 11) is 0. The Bertz CT molecular complexity index is 357. The fourth-order valence-electron chi connectivity index (χ4n) is 1.13. The Morgan fingerprint density at radius 2 is 2.19 bits per heavy atom. The van der Waals surface area contributed by atoms with Gasteiger partial charge in [-0.05, 0) is 32.9 Å². The van der Waals surface area contributed by atoms with E-state index in [1.165, 1.54) is 4.88 Å². The molecule has 1 rings (SSSR count). The predicted molar refractivity (Wildman–Crippen MR) is 73.4 cm³/mol. The SMILES string of the molecule is CC(C)(C)NC(=O)CSCc1ccc(Cl)s1. The lowest BCUT2D eigenvalue weighted by molar-refractivity contribution is -0.119. The van der Waals surface area contributed by atoms with Crippen molar-refractivity contribution < 1.29 is 4.79 Å². The molecule has 0 aromatic carbocycles. The van der Waals surface area contributed by atoms with E-state index in [4.69, 9.17) is 11.6 Å². The van der Waals surface area contributed by atoms with Crippen LogP contribution < -0.4 is 5.32 Å². The van der Waals surface area contributed by atoms with Gasteiger partial charge in [0.05, 0.1) is 10.1 Å². The van der Waals surface area contributed by atoms with E-state index in [1.807, 2.05) is 32.9 Å². The molecule has 1 aromatic rings. The molecule has 0 spiro atoms. The number of halogens is 1. The van der Waals surface area contributed by atoms with Gasteiger partial charge in [0.15, 0.2) is 0 Å². The third-order valence-corrected chi connectivity index (χ3v) is 4.02. The minimum Gasteiger partial charge on any atom is -0.351 e. The van der Waals surface area contributed by atoms with Crippen molar-refractivity contribution in [2.75, 3.05) is 5.75 Å². The van der Waals surface area contributed by atoms with E-state index in [0.717, 1.165) is 10.1 Å². The van der Waals surface area contributed by atoms with Crippen LogP contribution in [-0.2, 0) is 10.5 Å². The fourth-order valence-corrected chi connectivity index (χ4v) is 3.15. The molecule has 0 saturated heterocycles. The molecule has 0 aliphatic heterocycles. The maximum Gasteiger partial charge on any atom is 0.230 e. The van der Waals surface area contributed by atoms with Crippen molar-refractivity contribution in [2.24, 2.45) is 0 Å².